The van der Waals surface area contributed by atoms with Gasteiger partial charge in [0.15, 0.2) is 6.10 Å². The molecule has 24 heavy (non-hydrogen) atoms. The van der Waals surface area contributed by atoms with Gasteiger partial charge in [0.05, 0.1) is 12.3 Å². The molecule has 0 radical (unpaired) electrons. The highest BCUT2D eigenvalue weighted by molar-refractivity contribution is 5.98. The minimum atomic E-state index is -0.552. The Bertz CT molecular complexity index is 726. The van der Waals surface area contributed by atoms with Crippen molar-refractivity contribution in [1.29, 1.82) is 0 Å². The average molecular weight is 326 g/mol. The number of rotatable bonds is 5. The first kappa shape index (κ1) is 16.2. The van der Waals surface area contributed by atoms with E-state index in [4.69, 9.17) is 15.2 Å². The number of anilines is 2. The molecule has 1 heterocycles. The Morgan fingerprint density at radius 2 is 1.96 bits per heavy atom. The van der Waals surface area contributed by atoms with E-state index >= 15 is 0 Å². The lowest BCUT2D eigenvalue weighted by Gasteiger charge is -2.26. The number of carbonyl (C=O) groups excluding carboxylic acids is 1. The topological polar surface area (TPSA) is 73.6 Å². The van der Waals surface area contributed by atoms with Gasteiger partial charge in [0.1, 0.15) is 11.5 Å². The van der Waals surface area contributed by atoms with Gasteiger partial charge in [-0.25, -0.2) is 0 Å². The largest absolute Gasteiger partial charge is 0.493 e. The molecule has 1 aliphatic rings. The lowest BCUT2D eigenvalue weighted by atomic mass is 10.1. The van der Waals surface area contributed by atoms with Crippen LogP contribution in [0.15, 0.2) is 42.5 Å². The van der Waals surface area contributed by atoms with Crippen molar-refractivity contribution in [3.63, 3.8) is 0 Å². The summed E-state index contributed by atoms with van der Waals surface area (Å²) in [6.07, 6.45) is -0.0522. The SMILES string of the molecule is CC(C)COc1ccc(CC2Oc3ccc(N)cc3NC2=O)cc1. The summed E-state index contributed by atoms with van der Waals surface area (Å²) in [5.74, 6) is 1.80. The number of hydrogen-bond donors (Lipinski definition) is 2. The predicted octanol–water partition coefficient (Wildman–Crippen LogP) is 3.25. The van der Waals surface area contributed by atoms with Gasteiger partial charge in [-0.15, -0.1) is 0 Å². The Balaban J connectivity index is 1.65. The van der Waals surface area contributed by atoms with E-state index in [0.29, 0.717) is 36.1 Å². The van der Waals surface area contributed by atoms with Crippen LogP contribution in [0.5, 0.6) is 11.5 Å². The van der Waals surface area contributed by atoms with E-state index in [1.807, 2.05) is 24.3 Å². The summed E-state index contributed by atoms with van der Waals surface area (Å²) in [7, 11) is 0. The minimum absolute atomic E-state index is 0.159. The second-order valence-corrected chi connectivity index (χ2v) is 6.40. The molecule has 3 rings (SSSR count). The second-order valence-electron chi connectivity index (χ2n) is 6.40. The molecule has 0 bridgehead atoms. The molecule has 0 fully saturated rings. The highest BCUT2D eigenvalue weighted by atomic mass is 16.5. The number of carbonyl (C=O) groups is 1. The summed E-state index contributed by atoms with van der Waals surface area (Å²) in [5, 5.41) is 2.85. The van der Waals surface area contributed by atoms with Crippen LogP contribution in [0, 0.1) is 5.92 Å². The molecule has 0 spiro atoms. The lowest BCUT2D eigenvalue weighted by molar-refractivity contribution is -0.123. The number of fused-ring (bicyclic) bond motifs is 1. The van der Waals surface area contributed by atoms with Gasteiger partial charge in [0.25, 0.3) is 5.91 Å². The fourth-order valence-electron chi connectivity index (χ4n) is 2.50. The highest BCUT2D eigenvalue weighted by Gasteiger charge is 2.27. The number of nitrogens with one attached hydrogen (secondary N) is 1. The molecule has 0 aliphatic carbocycles. The van der Waals surface area contributed by atoms with E-state index in [1.165, 1.54) is 0 Å². The van der Waals surface area contributed by atoms with Gasteiger partial charge in [0.2, 0.25) is 0 Å². The molecule has 3 N–H and O–H groups in total. The summed E-state index contributed by atoms with van der Waals surface area (Å²) < 4.78 is 11.5. The number of nitrogen functional groups attached to an aromatic ring is 1. The zero-order valence-electron chi connectivity index (χ0n) is 13.9. The molecule has 0 saturated carbocycles. The smallest absolute Gasteiger partial charge is 0.265 e. The van der Waals surface area contributed by atoms with Gasteiger partial charge >= 0.3 is 0 Å². The van der Waals surface area contributed by atoms with Crippen LogP contribution in [-0.2, 0) is 11.2 Å². The molecule has 0 aromatic heterocycles. The van der Waals surface area contributed by atoms with Crippen molar-refractivity contribution in [3.05, 3.63) is 48.0 Å². The summed E-state index contributed by atoms with van der Waals surface area (Å²) in [6, 6.07) is 13.0. The van der Waals surface area contributed by atoms with Crippen LogP contribution in [0.4, 0.5) is 11.4 Å². The van der Waals surface area contributed by atoms with Gasteiger partial charge in [0, 0.05) is 12.1 Å². The summed E-state index contributed by atoms with van der Waals surface area (Å²) in [5.41, 5.74) is 7.95. The monoisotopic (exact) mass is 326 g/mol. The number of nitrogens with two attached hydrogens (primary N) is 1. The highest BCUT2D eigenvalue weighted by Crippen LogP contribution is 2.32. The van der Waals surface area contributed by atoms with Gasteiger partial charge in [-0.3, -0.25) is 4.79 Å². The third kappa shape index (κ3) is 3.79. The minimum Gasteiger partial charge on any atom is -0.493 e. The number of ether oxygens (including phenoxy) is 2. The Morgan fingerprint density at radius 1 is 1.21 bits per heavy atom. The van der Waals surface area contributed by atoms with Crippen LogP contribution < -0.4 is 20.5 Å². The van der Waals surface area contributed by atoms with Crippen LogP contribution in [0.2, 0.25) is 0 Å². The number of hydrogen-bond acceptors (Lipinski definition) is 4. The molecular formula is C19H22N2O3. The Labute approximate surface area is 141 Å². The number of benzene rings is 2. The second kappa shape index (κ2) is 6.83. The van der Waals surface area contributed by atoms with Crippen molar-refractivity contribution in [2.45, 2.75) is 26.4 Å². The molecule has 1 aliphatic heterocycles. The van der Waals surface area contributed by atoms with Gasteiger partial charge < -0.3 is 20.5 Å². The van der Waals surface area contributed by atoms with Crippen LogP contribution >= 0.6 is 0 Å². The van der Waals surface area contributed by atoms with Crippen LogP contribution in [0.3, 0.4) is 0 Å². The third-order valence-electron chi connectivity index (χ3n) is 3.75. The van der Waals surface area contributed by atoms with Gasteiger partial charge in [-0.1, -0.05) is 26.0 Å². The molecule has 5 nitrogen and oxygen atoms in total. The van der Waals surface area contributed by atoms with Crippen molar-refractivity contribution in [2.75, 3.05) is 17.7 Å². The molecular weight excluding hydrogens is 304 g/mol. The number of amides is 1. The van der Waals surface area contributed by atoms with Crippen molar-refractivity contribution >= 4 is 17.3 Å². The maximum absolute atomic E-state index is 12.2. The van der Waals surface area contributed by atoms with E-state index in [0.717, 1.165) is 11.3 Å². The Hall–Kier alpha value is -2.69. The van der Waals surface area contributed by atoms with E-state index in [-0.39, 0.29) is 5.91 Å². The fraction of sp³-hybridized carbons (Fsp3) is 0.316. The van der Waals surface area contributed by atoms with E-state index < -0.39 is 6.10 Å². The zero-order chi connectivity index (χ0) is 17.1. The third-order valence-corrected chi connectivity index (χ3v) is 3.75. The first-order chi connectivity index (χ1) is 11.5. The lowest BCUT2D eigenvalue weighted by Crippen LogP contribution is -2.38. The maximum Gasteiger partial charge on any atom is 0.265 e. The normalized spacial score (nSPS) is 16.3. The molecule has 1 unspecified atom stereocenters. The van der Waals surface area contributed by atoms with Gasteiger partial charge in [-0.2, -0.15) is 0 Å². The quantitative estimate of drug-likeness (QED) is 0.827. The summed E-state index contributed by atoms with van der Waals surface area (Å²) in [6.45, 7) is 4.91. The summed E-state index contributed by atoms with van der Waals surface area (Å²) >= 11 is 0. The van der Waals surface area contributed by atoms with Crippen LogP contribution in [0.25, 0.3) is 0 Å². The first-order valence-corrected chi connectivity index (χ1v) is 8.10. The van der Waals surface area contributed by atoms with Crippen molar-refractivity contribution in [2.24, 2.45) is 5.92 Å². The molecule has 2 aromatic rings. The molecule has 1 atom stereocenters. The van der Waals surface area contributed by atoms with E-state index in [9.17, 15) is 4.79 Å². The molecule has 1 amide bonds. The van der Waals surface area contributed by atoms with Crippen molar-refractivity contribution in [3.8, 4) is 11.5 Å². The molecule has 2 aromatic carbocycles. The molecule has 0 saturated heterocycles. The molecule has 5 heteroatoms. The van der Waals surface area contributed by atoms with Gasteiger partial charge in [-0.05, 0) is 41.8 Å². The van der Waals surface area contributed by atoms with Crippen molar-refractivity contribution < 1.29 is 14.3 Å². The van der Waals surface area contributed by atoms with E-state index in [2.05, 4.69) is 19.2 Å². The van der Waals surface area contributed by atoms with E-state index in [1.54, 1.807) is 18.2 Å². The summed E-state index contributed by atoms with van der Waals surface area (Å²) in [4.78, 5) is 12.2. The zero-order valence-corrected chi connectivity index (χ0v) is 13.9. The molecule has 126 valence electrons. The Morgan fingerprint density at radius 3 is 2.67 bits per heavy atom. The Kier molecular flexibility index (Phi) is 4.60. The fourth-order valence-corrected chi connectivity index (χ4v) is 2.50. The van der Waals surface area contributed by atoms with Crippen molar-refractivity contribution in [1.82, 2.24) is 0 Å². The standard InChI is InChI=1S/C19H22N2O3/c1-12(2)11-23-15-6-3-13(4-7-15)9-18-19(22)21-16-10-14(20)5-8-17(16)24-18/h3-8,10,12,18H,9,11,20H2,1-2H3,(H,21,22). The predicted molar refractivity (Wildman–Crippen MR) is 94.4 cm³/mol. The van der Waals surface area contributed by atoms with Crippen LogP contribution in [-0.4, -0.2) is 18.6 Å². The first-order valence-electron chi connectivity index (χ1n) is 8.10. The van der Waals surface area contributed by atoms with Crippen LogP contribution in [0.1, 0.15) is 19.4 Å². The average Bonchev–Trinajstić information content (AvgIpc) is 2.55. The maximum atomic E-state index is 12.2.